The molecule has 1 unspecified atom stereocenters. The lowest BCUT2D eigenvalue weighted by Gasteiger charge is -2.17. The standard InChI is InChI=1S/C14H20F3N3O2S.HI/c1-13(2,3)23(21)9-8-19-12(18)20-10-6-4-5-7-11(10)22-14(15,16)17;/h4-7H,8-9H2,1-3H3,(H3,18,19,20);1H. The summed E-state index contributed by atoms with van der Waals surface area (Å²) in [5.74, 6) is -0.169. The second-order valence-corrected chi connectivity index (χ2v) is 7.92. The summed E-state index contributed by atoms with van der Waals surface area (Å²) in [6.45, 7) is 5.74. The second kappa shape index (κ2) is 9.44. The van der Waals surface area contributed by atoms with Crippen LogP contribution in [0, 0.1) is 0 Å². The number of nitrogens with two attached hydrogens (primary N) is 1. The number of ether oxygens (including phenoxy) is 1. The summed E-state index contributed by atoms with van der Waals surface area (Å²) in [5, 5.41) is 2.55. The number of halogens is 4. The lowest BCUT2D eigenvalue weighted by Crippen LogP contribution is -2.27. The summed E-state index contributed by atoms with van der Waals surface area (Å²) >= 11 is 0. The van der Waals surface area contributed by atoms with Crippen LogP contribution in [0.3, 0.4) is 0 Å². The van der Waals surface area contributed by atoms with E-state index in [4.69, 9.17) is 5.73 Å². The first-order valence-corrected chi connectivity index (χ1v) is 8.11. The minimum absolute atomic E-state index is 0. The van der Waals surface area contributed by atoms with Crippen molar-refractivity contribution in [1.82, 2.24) is 0 Å². The van der Waals surface area contributed by atoms with Gasteiger partial charge in [0.15, 0.2) is 11.7 Å². The molecule has 0 fully saturated rings. The number of hydrogen-bond acceptors (Lipinski definition) is 3. The third-order valence-corrected chi connectivity index (χ3v) is 4.54. The minimum atomic E-state index is -4.80. The molecule has 1 aromatic rings. The Morgan fingerprint density at radius 2 is 1.88 bits per heavy atom. The third kappa shape index (κ3) is 8.71. The van der Waals surface area contributed by atoms with E-state index in [0.717, 1.165) is 6.07 Å². The number of nitrogens with zero attached hydrogens (tertiary/aromatic N) is 1. The first-order chi connectivity index (χ1) is 10.5. The van der Waals surface area contributed by atoms with E-state index in [0.29, 0.717) is 5.75 Å². The summed E-state index contributed by atoms with van der Waals surface area (Å²) in [4.78, 5) is 3.96. The monoisotopic (exact) mass is 479 g/mol. The SMILES string of the molecule is CC(C)(C)S(=O)CCN=C(N)Nc1ccccc1OC(F)(F)F.I. The molecule has 0 saturated carbocycles. The summed E-state index contributed by atoms with van der Waals surface area (Å²) in [6.07, 6.45) is -4.80. The van der Waals surface area contributed by atoms with Gasteiger partial charge in [0.2, 0.25) is 0 Å². The molecule has 0 aromatic heterocycles. The fourth-order valence-electron chi connectivity index (χ4n) is 1.52. The fourth-order valence-corrected chi connectivity index (χ4v) is 2.39. The Morgan fingerprint density at radius 3 is 2.42 bits per heavy atom. The highest BCUT2D eigenvalue weighted by molar-refractivity contribution is 14.0. The maximum atomic E-state index is 12.3. The van der Waals surface area contributed by atoms with Gasteiger partial charge < -0.3 is 15.8 Å². The van der Waals surface area contributed by atoms with Crippen molar-refractivity contribution in [2.75, 3.05) is 17.6 Å². The van der Waals surface area contributed by atoms with Crippen LogP contribution in [0.15, 0.2) is 29.3 Å². The Balaban J connectivity index is 0.00000529. The lowest BCUT2D eigenvalue weighted by atomic mass is 10.3. The zero-order valence-electron chi connectivity index (χ0n) is 13.5. The maximum Gasteiger partial charge on any atom is 0.573 e. The summed E-state index contributed by atoms with van der Waals surface area (Å²) < 4.78 is 52.3. The van der Waals surface area contributed by atoms with Gasteiger partial charge in [-0.3, -0.25) is 9.20 Å². The molecule has 3 N–H and O–H groups in total. The Morgan fingerprint density at radius 1 is 1.29 bits per heavy atom. The molecule has 24 heavy (non-hydrogen) atoms. The number of aliphatic imine (C=N–C) groups is 1. The van der Waals surface area contributed by atoms with Crippen LogP contribution in [0.5, 0.6) is 5.75 Å². The molecule has 0 bridgehead atoms. The molecular formula is C14H21F3IN3O2S. The van der Waals surface area contributed by atoms with Crippen molar-refractivity contribution >= 4 is 46.4 Å². The van der Waals surface area contributed by atoms with Gasteiger partial charge >= 0.3 is 6.36 Å². The highest BCUT2D eigenvalue weighted by Gasteiger charge is 2.32. The second-order valence-electron chi connectivity index (χ2n) is 5.60. The van der Waals surface area contributed by atoms with E-state index in [1.165, 1.54) is 18.2 Å². The molecule has 138 valence electrons. The fraction of sp³-hybridized carbons (Fsp3) is 0.500. The molecule has 1 atom stereocenters. The van der Waals surface area contributed by atoms with Gasteiger partial charge in [-0.05, 0) is 32.9 Å². The molecular weight excluding hydrogens is 458 g/mol. The molecule has 0 radical (unpaired) electrons. The number of para-hydroxylation sites is 2. The van der Waals surface area contributed by atoms with E-state index in [1.807, 2.05) is 20.8 Å². The zero-order valence-corrected chi connectivity index (χ0v) is 16.7. The summed E-state index contributed by atoms with van der Waals surface area (Å²) in [7, 11) is -1.08. The number of nitrogens with one attached hydrogen (secondary N) is 1. The van der Waals surface area contributed by atoms with Crippen molar-refractivity contribution in [2.45, 2.75) is 31.9 Å². The number of rotatable bonds is 5. The van der Waals surface area contributed by atoms with Crippen molar-refractivity contribution in [3.8, 4) is 5.75 Å². The van der Waals surface area contributed by atoms with Crippen LogP contribution in [0.1, 0.15) is 20.8 Å². The minimum Gasteiger partial charge on any atom is -0.404 e. The molecule has 0 aliphatic heterocycles. The van der Waals surface area contributed by atoms with Gasteiger partial charge in [-0.15, -0.1) is 37.1 Å². The van der Waals surface area contributed by atoms with Crippen LogP contribution in [-0.4, -0.2) is 33.6 Å². The molecule has 1 aromatic carbocycles. The Hall–Kier alpha value is -1.04. The van der Waals surface area contributed by atoms with Gasteiger partial charge in [-0.2, -0.15) is 0 Å². The normalized spacial score (nSPS) is 13.8. The number of anilines is 1. The van der Waals surface area contributed by atoms with Crippen LogP contribution in [0.2, 0.25) is 0 Å². The Labute approximate surface area is 158 Å². The van der Waals surface area contributed by atoms with Gasteiger partial charge in [0.25, 0.3) is 0 Å². The first-order valence-electron chi connectivity index (χ1n) is 6.79. The zero-order chi connectivity index (χ0) is 17.7. The largest absolute Gasteiger partial charge is 0.573 e. The van der Waals surface area contributed by atoms with Crippen LogP contribution in [0.25, 0.3) is 0 Å². The predicted molar refractivity (Wildman–Crippen MR) is 101 cm³/mol. The smallest absolute Gasteiger partial charge is 0.404 e. The average Bonchev–Trinajstić information content (AvgIpc) is 2.38. The van der Waals surface area contributed by atoms with Gasteiger partial charge in [0.1, 0.15) is 0 Å². The number of hydrogen-bond donors (Lipinski definition) is 2. The van der Waals surface area contributed by atoms with Crippen molar-refractivity contribution in [3.05, 3.63) is 24.3 Å². The van der Waals surface area contributed by atoms with Gasteiger partial charge in [-0.1, -0.05) is 12.1 Å². The molecule has 1 rings (SSSR count). The number of alkyl halides is 3. The van der Waals surface area contributed by atoms with E-state index < -0.39 is 22.9 Å². The summed E-state index contributed by atoms with van der Waals surface area (Å²) in [6, 6.07) is 5.49. The van der Waals surface area contributed by atoms with Gasteiger partial charge in [-0.25, -0.2) is 0 Å². The number of benzene rings is 1. The van der Waals surface area contributed by atoms with Crippen molar-refractivity contribution in [2.24, 2.45) is 10.7 Å². The van der Waals surface area contributed by atoms with E-state index in [-0.39, 0.29) is 46.9 Å². The molecule has 10 heteroatoms. The Bertz CT molecular complexity index is 589. The topological polar surface area (TPSA) is 76.7 Å². The summed E-state index contributed by atoms with van der Waals surface area (Å²) in [5.41, 5.74) is 5.68. The molecule has 0 aliphatic rings. The highest BCUT2D eigenvalue weighted by Crippen LogP contribution is 2.29. The van der Waals surface area contributed by atoms with Gasteiger partial charge in [0.05, 0.1) is 12.2 Å². The molecule has 0 amide bonds. The van der Waals surface area contributed by atoms with Crippen LogP contribution < -0.4 is 15.8 Å². The predicted octanol–water partition coefficient (Wildman–Crippen LogP) is 3.48. The molecule has 5 nitrogen and oxygen atoms in total. The molecule has 0 spiro atoms. The van der Waals surface area contributed by atoms with E-state index in [1.54, 1.807) is 0 Å². The van der Waals surface area contributed by atoms with E-state index in [9.17, 15) is 17.4 Å². The first kappa shape index (κ1) is 23.0. The molecule has 0 saturated heterocycles. The molecule has 0 aliphatic carbocycles. The van der Waals surface area contributed by atoms with E-state index >= 15 is 0 Å². The van der Waals surface area contributed by atoms with Crippen LogP contribution in [0.4, 0.5) is 18.9 Å². The third-order valence-electron chi connectivity index (χ3n) is 2.62. The van der Waals surface area contributed by atoms with Crippen LogP contribution in [-0.2, 0) is 10.8 Å². The van der Waals surface area contributed by atoms with Crippen LogP contribution >= 0.6 is 24.0 Å². The van der Waals surface area contributed by atoms with E-state index in [2.05, 4.69) is 15.0 Å². The van der Waals surface area contributed by atoms with Gasteiger partial charge in [0, 0.05) is 21.3 Å². The quantitative estimate of drug-likeness (QED) is 0.385. The van der Waals surface area contributed by atoms with Crippen molar-refractivity contribution < 1.29 is 22.1 Å². The highest BCUT2D eigenvalue weighted by atomic mass is 127. The average molecular weight is 479 g/mol. The molecule has 0 heterocycles. The Kier molecular flexibility index (Phi) is 9.04. The maximum absolute atomic E-state index is 12.3. The van der Waals surface area contributed by atoms with Crippen molar-refractivity contribution in [3.63, 3.8) is 0 Å². The number of guanidine groups is 1. The lowest BCUT2D eigenvalue weighted by molar-refractivity contribution is -0.274. The van der Waals surface area contributed by atoms with Crippen molar-refractivity contribution in [1.29, 1.82) is 0 Å².